The third-order valence-corrected chi connectivity index (χ3v) is 3.81. The van der Waals surface area contributed by atoms with Crippen molar-refractivity contribution in [2.24, 2.45) is 5.92 Å². The van der Waals surface area contributed by atoms with Gasteiger partial charge >= 0.3 is 12.0 Å². The summed E-state index contributed by atoms with van der Waals surface area (Å²) in [6.07, 6.45) is 1.47. The van der Waals surface area contributed by atoms with Crippen LogP contribution in [-0.2, 0) is 16.0 Å². The predicted molar refractivity (Wildman–Crippen MR) is 88.5 cm³/mol. The summed E-state index contributed by atoms with van der Waals surface area (Å²) < 4.78 is 9.84. The fourth-order valence-corrected chi connectivity index (χ4v) is 2.10. The standard InChI is InChI=1S/C17H26N2O4/c1-5-12(2)15(16(20)23-4)19-17(21)18-11-10-13-6-8-14(22-3)9-7-13/h6-9,12,15H,5,10-11H2,1-4H3,(H2,18,19,21)/t12-,15-/m0/s1. The van der Waals surface area contributed by atoms with E-state index in [1.54, 1.807) is 7.11 Å². The van der Waals surface area contributed by atoms with Crippen LogP contribution in [-0.4, -0.2) is 38.8 Å². The van der Waals surface area contributed by atoms with Crippen LogP contribution in [0.25, 0.3) is 0 Å². The van der Waals surface area contributed by atoms with Crippen molar-refractivity contribution in [1.82, 2.24) is 10.6 Å². The average Bonchev–Trinajstić information content (AvgIpc) is 2.58. The molecule has 128 valence electrons. The molecule has 0 saturated heterocycles. The Hall–Kier alpha value is -2.24. The minimum absolute atomic E-state index is 0.00906. The summed E-state index contributed by atoms with van der Waals surface area (Å²) in [7, 11) is 2.94. The molecule has 0 saturated carbocycles. The number of hydrogen-bond acceptors (Lipinski definition) is 4. The molecule has 0 spiro atoms. The van der Waals surface area contributed by atoms with Gasteiger partial charge in [-0.2, -0.15) is 0 Å². The molecule has 0 aliphatic carbocycles. The largest absolute Gasteiger partial charge is 0.497 e. The second-order valence-electron chi connectivity index (χ2n) is 5.38. The van der Waals surface area contributed by atoms with Gasteiger partial charge in [-0.15, -0.1) is 0 Å². The average molecular weight is 322 g/mol. The monoisotopic (exact) mass is 322 g/mol. The number of methoxy groups -OCH3 is 2. The van der Waals surface area contributed by atoms with Crippen molar-refractivity contribution in [1.29, 1.82) is 0 Å². The lowest BCUT2D eigenvalue weighted by molar-refractivity contribution is -0.144. The summed E-state index contributed by atoms with van der Waals surface area (Å²) in [5.74, 6) is 0.383. The highest BCUT2D eigenvalue weighted by molar-refractivity contribution is 5.83. The molecule has 23 heavy (non-hydrogen) atoms. The zero-order valence-corrected chi connectivity index (χ0v) is 14.2. The maximum Gasteiger partial charge on any atom is 0.328 e. The molecule has 1 rings (SSSR count). The van der Waals surface area contributed by atoms with Crippen molar-refractivity contribution in [3.05, 3.63) is 29.8 Å². The highest BCUT2D eigenvalue weighted by Crippen LogP contribution is 2.11. The van der Waals surface area contributed by atoms with Gasteiger partial charge in [0, 0.05) is 6.54 Å². The molecule has 6 nitrogen and oxygen atoms in total. The summed E-state index contributed by atoms with van der Waals surface area (Å²) >= 11 is 0. The molecule has 0 radical (unpaired) electrons. The zero-order valence-electron chi connectivity index (χ0n) is 14.2. The fraction of sp³-hybridized carbons (Fsp3) is 0.529. The van der Waals surface area contributed by atoms with E-state index >= 15 is 0 Å². The van der Waals surface area contributed by atoms with Crippen molar-refractivity contribution in [2.45, 2.75) is 32.7 Å². The Kier molecular flexibility index (Phi) is 7.94. The maximum absolute atomic E-state index is 11.9. The van der Waals surface area contributed by atoms with Gasteiger partial charge in [-0.25, -0.2) is 9.59 Å². The number of benzene rings is 1. The third-order valence-electron chi connectivity index (χ3n) is 3.81. The SMILES string of the molecule is CC[C@H](C)[C@H](NC(=O)NCCc1ccc(OC)cc1)C(=O)OC. The van der Waals surface area contributed by atoms with E-state index in [4.69, 9.17) is 9.47 Å². The molecule has 2 amide bonds. The van der Waals surface area contributed by atoms with Gasteiger partial charge in [0.1, 0.15) is 11.8 Å². The number of rotatable bonds is 8. The molecule has 2 N–H and O–H groups in total. The molecule has 1 aromatic rings. The molecule has 6 heteroatoms. The Bertz CT molecular complexity index is 502. The van der Waals surface area contributed by atoms with Gasteiger partial charge in [0.05, 0.1) is 14.2 Å². The molecule has 1 aromatic carbocycles. The first kappa shape index (κ1) is 18.8. The van der Waals surface area contributed by atoms with Crippen molar-refractivity contribution in [2.75, 3.05) is 20.8 Å². The van der Waals surface area contributed by atoms with Crippen LogP contribution in [0.2, 0.25) is 0 Å². The lowest BCUT2D eigenvalue weighted by Crippen LogP contribution is -2.49. The fourth-order valence-electron chi connectivity index (χ4n) is 2.10. The summed E-state index contributed by atoms with van der Waals surface area (Å²) in [5, 5.41) is 5.44. The highest BCUT2D eigenvalue weighted by Gasteiger charge is 2.26. The van der Waals surface area contributed by atoms with E-state index in [1.165, 1.54) is 7.11 Å². The summed E-state index contributed by atoms with van der Waals surface area (Å²) in [4.78, 5) is 23.7. The molecular formula is C17H26N2O4. The van der Waals surface area contributed by atoms with E-state index in [9.17, 15) is 9.59 Å². The van der Waals surface area contributed by atoms with E-state index in [0.29, 0.717) is 13.0 Å². The molecule has 0 unspecified atom stereocenters. The van der Waals surface area contributed by atoms with E-state index in [0.717, 1.165) is 17.7 Å². The van der Waals surface area contributed by atoms with Crippen LogP contribution >= 0.6 is 0 Å². The Morgan fingerprint density at radius 3 is 2.35 bits per heavy atom. The molecule has 0 bridgehead atoms. The second kappa shape index (κ2) is 9.71. The number of carbonyl (C=O) groups excluding carboxylic acids is 2. The van der Waals surface area contributed by atoms with Crippen LogP contribution in [0.5, 0.6) is 5.75 Å². The molecular weight excluding hydrogens is 296 g/mol. The first-order chi connectivity index (χ1) is 11.0. The van der Waals surface area contributed by atoms with Gasteiger partial charge in [-0.3, -0.25) is 0 Å². The smallest absolute Gasteiger partial charge is 0.328 e. The van der Waals surface area contributed by atoms with Gasteiger partial charge in [-0.1, -0.05) is 32.4 Å². The van der Waals surface area contributed by atoms with Crippen molar-refractivity contribution in [3.8, 4) is 5.75 Å². The summed E-state index contributed by atoms with van der Waals surface area (Å²) in [6, 6.07) is 6.67. The minimum Gasteiger partial charge on any atom is -0.497 e. The number of hydrogen-bond donors (Lipinski definition) is 2. The zero-order chi connectivity index (χ0) is 17.2. The van der Waals surface area contributed by atoms with Crippen molar-refractivity contribution in [3.63, 3.8) is 0 Å². The Morgan fingerprint density at radius 2 is 1.83 bits per heavy atom. The van der Waals surface area contributed by atoms with E-state index < -0.39 is 12.0 Å². The van der Waals surface area contributed by atoms with Crippen LogP contribution < -0.4 is 15.4 Å². The van der Waals surface area contributed by atoms with E-state index in [2.05, 4.69) is 10.6 Å². The Labute approximate surface area is 137 Å². The number of esters is 1. The Morgan fingerprint density at radius 1 is 1.17 bits per heavy atom. The molecule has 2 atom stereocenters. The van der Waals surface area contributed by atoms with Crippen molar-refractivity contribution >= 4 is 12.0 Å². The van der Waals surface area contributed by atoms with Gasteiger partial charge < -0.3 is 20.1 Å². The van der Waals surface area contributed by atoms with Gasteiger partial charge in [0.25, 0.3) is 0 Å². The first-order valence-corrected chi connectivity index (χ1v) is 7.76. The predicted octanol–water partition coefficient (Wildman–Crippen LogP) is 2.12. The van der Waals surface area contributed by atoms with Gasteiger partial charge in [0.2, 0.25) is 0 Å². The van der Waals surface area contributed by atoms with Crippen LogP contribution in [0.3, 0.4) is 0 Å². The number of amides is 2. The first-order valence-electron chi connectivity index (χ1n) is 7.76. The minimum atomic E-state index is -0.633. The lowest BCUT2D eigenvalue weighted by Gasteiger charge is -2.22. The van der Waals surface area contributed by atoms with Crippen LogP contribution in [0.4, 0.5) is 4.79 Å². The highest BCUT2D eigenvalue weighted by atomic mass is 16.5. The maximum atomic E-state index is 11.9. The molecule has 0 aliphatic heterocycles. The van der Waals surface area contributed by atoms with E-state index in [-0.39, 0.29) is 11.9 Å². The molecule has 0 heterocycles. The Balaban J connectivity index is 2.43. The van der Waals surface area contributed by atoms with Crippen LogP contribution in [0.1, 0.15) is 25.8 Å². The molecule has 0 aliphatic rings. The number of nitrogens with one attached hydrogen (secondary N) is 2. The number of ether oxygens (including phenoxy) is 2. The summed E-state index contributed by atoms with van der Waals surface area (Å²) in [5.41, 5.74) is 1.09. The number of carbonyl (C=O) groups is 2. The van der Waals surface area contributed by atoms with Crippen LogP contribution in [0.15, 0.2) is 24.3 Å². The quantitative estimate of drug-likeness (QED) is 0.719. The number of urea groups is 1. The van der Waals surface area contributed by atoms with E-state index in [1.807, 2.05) is 38.1 Å². The second-order valence-corrected chi connectivity index (χ2v) is 5.38. The summed E-state index contributed by atoms with van der Waals surface area (Å²) in [6.45, 7) is 4.34. The molecule has 0 fully saturated rings. The lowest BCUT2D eigenvalue weighted by atomic mass is 9.99. The van der Waals surface area contributed by atoms with Gasteiger partial charge in [-0.05, 0) is 30.0 Å². The molecule has 0 aromatic heterocycles. The third kappa shape index (κ3) is 6.18. The van der Waals surface area contributed by atoms with Crippen LogP contribution in [0, 0.1) is 5.92 Å². The topological polar surface area (TPSA) is 76.7 Å². The van der Waals surface area contributed by atoms with Gasteiger partial charge in [0.15, 0.2) is 0 Å². The van der Waals surface area contributed by atoms with Crippen molar-refractivity contribution < 1.29 is 19.1 Å². The normalized spacial score (nSPS) is 12.9.